The number of carboxylic acids is 1. The molecule has 2 N–H and O–H groups in total. The highest BCUT2D eigenvalue weighted by atomic mass is 16.4. The number of hydrogen-bond donors (Lipinski definition) is 2. The maximum absolute atomic E-state index is 11.4. The summed E-state index contributed by atoms with van der Waals surface area (Å²) in [5.74, 6) is -0.796. The molecular weight excluding hydrogens is 292 g/mol. The topological polar surface area (TPSA) is 75.3 Å². The Labute approximate surface area is 133 Å². The predicted molar refractivity (Wildman–Crippen MR) is 88.9 cm³/mol. The van der Waals surface area contributed by atoms with Crippen molar-refractivity contribution in [3.05, 3.63) is 47.7 Å². The molecule has 0 aliphatic carbocycles. The number of phenolic OH excluding ortho intramolecular Hbond substituents is 1. The molecule has 1 heterocycles. The first kappa shape index (κ1) is 15.1. The van der Waals surface area contributed by atoms with Crippen LogP contribution in [0, 0.1) is 6.92 Å². The average Bonchev–Trinajstić information content (AvgIpc) is 2.86. The summed E-state index contributed by atoms with van der Waals surface area (Å²) in [6.45, 7) is 5.87. The number of carbonyl (C=O) groups is 1. The van der Waals surface area contributed by atoms with Gasteiger partial charge >= 0.3 is 5.97 Å². The number of hydrogen-bond acceptors (Lipinski definition) is 3. The minimum absolute atomic E-state index is 0.0572. The zero-order valence-electron chi connectivity index (χ0n) is 13.2. The van der Waals surface area contributed by atoms with Gasteiger partial charge in [0.2, 0.25) is 0 Å². The van der Waals surface area contributed by atoms with Crippen molar-refractivity contribution in [2.75, 3.05) is 0 Å². The lowest BCUT2D eigenvalue weighted by molar-refractivity contribution is 0.0691. The third kappa shape index (κ3) is 2.54. The second kappa shape index (κ2) is 5.43. The number of aromatic hydroxyl groups is 1. The number of aromatic carboxylic acids is 1. The number of fused-ring (bicyclic) bond motifs is 1. The minimum atomic E-state index is -1.03. The summed E-state index contributed by atoms with van der Waals surface area (Å²) in [4.78, 5) is 11.4. The first-order valence-electron chi connectivity index (χ1n) is 7.44. The molecule has 0 unspecified atom stereocenters. The Balaban J connectivity index is 2.25. The molecule has 0 radical (unpaired) electrons. The third-order valence-electron chi connectivity index (χ3n) is 3.92. The summed E-state index contributed by atoms with van der Waals surface area (Å²) < 4.78 is 1.73. The quantitative estimate of drug-likeness (QED) is 0.767. The number of aromatic nitrogens is 2. The molecule has 0 spiro atoms. The second-order valence-electron chi connectivity index (χ2n) is 5.92. The van der Waals surface area contributed by atoms with E-state index in [-0.39, 0.29) is 17.5 Å². The van der Waals surface area contributed by atoms with Gasteiger partial charge in [0.05, 0.1) is 5.52 Å². The fraction of sp³-hybridized carbons (Fsp3) is 0.222. The van der Waals surface area contributed by atoms with Crippen LogP contribution in [0.25, 0.3) is 22.0 Å². The summed E-state index contributed by atoms with van der Waals surface area (Å²) in [6, 6.07) is 10.9. The van der Waals surface area contributed by atoms with E-state index >= 15 is 0 Å². The molecule has 5 nitrogen and oxygen atoms in total. The van der Waals surface area contributed by atoms with Crippen molar-refractivity contribution < 1.29 is 15.0 Å². The molecule has 2 aromatic carbocycles. The summed E-state index contributed by atoms with van der Waals surface area (Å²) in [7, 11) is 0. The molecule has 1 aromatic heterocycles. The van der Waals surface area contributed by atoms with Crippen LogP contribution in [0.15, 0.2) is 36.4 Å². The van der Waals surface area contributed by atoms with Crippen LogP contribution < -0.4 is 0 Å². The number of rotatable bonds is 3. The van der Waals surface area contributed by atoms with E-state index in [1.807, 2.05) is 39.0 Å². The van der Waals surface area contributed by atoms with E-state index in [4.69, 9.17) is 0 Å². The molecule has 0 amide bonds. The highest BCUT2D eigenvalue weighted by Crippen LogP contribution is 2.31. The van der Waals surface area contributed by atoms with E-state index in [9.17, 15) is 15.0 Å². The highest BCUT2D eigenvalue weighted by Gasteiger charge is 2.18. The molecule has 0 bridgehead atoms. The Morgan fingerprint density at radius 2 is 1.91 bits per heavy atom. The zero-order chi connectivity index (χ0) is 16.7. The van der Waals surface area contributed by atoms with Gasteiger partial charge in [-0.25, -0.2) is 4.79 Å². The number of benzene rings is 2. The predicted octanol–water partition coefficient (Wildman–Crippen LogP) is 4.00. The number of aryl methyl sites for hydroxylation is 1. The Hall–Kier alpha value is -2.82. The summed E-state index contributed by atoms with van der Waals surface area (Å²) in [5.41, 5.74) is 3.79. The molecule has 118 valence electrons. The minimum Gasteiger partial charge on any atom is -0.508 e. The lowest BCUT2D eigenvalue weighted by Gasteiger charge is -2.10. The normalized spacial score (nSPS) is 11.3. The highest BCUT2D eigenvalue weighted by molar-refractivity contribution is 6.02. The molecular formula is C18H18N2O3. The maximum Gasteiger partial charge on any atom is 0.357 e. The molecule has 0 aliphatic heterocycles. The third-order valence-corrected chi connectivity index (χ3v) is 3.92. The van der Waals surface area contributed by atoms with Gasteiger partial charge in [-0.2, -0.15) is 5.10 Å². The molecule has 3 rings (SSSR count). The zero-order valence-corrected chi connectivity index (χ0v) is 13.2. The van der Waals surface area contributed by atoms with E-state index in [1.165, 1.54) is 0 Å². The Morgan fingerprint density at radius 3 is 2.52 bits per heavy atom. The standard InChI is InChI=1S/C18H18N2O3/c1-10(2)20-16-9-12(14-7-5-13(21)8-11(14)3)4-6-15(16)17(19-20)18(22)23/h4-10,21H,1-3H3,(H,22,23). The molecule has 0 aliphatic rings. The van der Waals surface area contributed by atoms with E-state index in [0.29, 0.717) is 5.39 Å². The summed E-state index contributed by atoms with van der Waals surface area (Å²) in [6.07, 6.45) is 0. The second-order valence-corrected chi connectivity index (χ2v) is 5.92. The van der Waals surface area contributed by atoms with Gasteiger partial charge in [-0.05, 0) is 61.7 Å². The lowest BCUT2D eigenvalue weighted by atomic mass is 9.99. The molecule has 0 saturated carbocycles. The molecule has 3 aromatic rings. The van der Waals surface area contributed by atoms with Gasteiger partial charge in [0, 0.05) is 11.4 Å². The monoisotopic (exact) mass is 310 g/mol. The largest absolute Gasteiger partial charge is 0.508 e. The van der Waals surface area contributed by atoms with Crippen molar-refractivity contribution in [1.29, 1.82) is 0 Å². The molecule has 5 heteroatoms. The fourth-order valence-electron chi connectivity index (χ4n) is 2.83. The van der Waals surface area contributed by atoms with Gasteiger partial charge in [-0.15, -0.1) is 0 Å². The lowest BCUT2D eigenvalue weighted by Crippen LogP contribution is -2.05. The van der Waals surface area contributed by atoms with Crippen LogP contribution in [0.2, 0.25) is 0 Å². The van der Waals surface area contributed by atoms with Crippen molar-refractivity contribution in [2.24, 2.45) is 0 Å². The molecule has 23 heavy (non-hydrogen) atoms. The van der Waals surface area contributed by atoms with Crippen LogP contribution in [0.1, 0.15) is 35.9 Å². The van der Waals surface area contributed by atoms with E-state index in [1.54, 1.807) is 22.9 Å². The van der Waals surface area contributed by atoms with Crippen LogP contribution >= 0.6 is 0 Å². The number of carboxylic acid groups (broad SMARTS) is 1. The molecule has 0 atom stereocenters. The van der Waals surface area contributed by atoms with Crippen molar-refractivity contribution in [1.82, 2.24) is 9.78 Å². The Kier molecular flexibility index (Phi) is 3.56. The van der Waals surface area contributed by atoms with Gasteiger partial charge in [-0.1, -0.05) is 12.1 Å². The first-order valence-corrected chi connectivity index (χ1v) is 7.44. The molecule has 0 saturated heterocycles. The summed E-state index contributed by atoms with van der Waals surface area (Å²) in [5, 5.41) is 23.8. The van der Waals surface area contributed by atoms with Crippen LogP contribution in [0.3, 0.4) is 0 Å². The smallest absolute Gasteiger partial charge is 0.357 e. The van der Waals surface area contributed by atoms with Crippen molar-refractivity contribution in [2.45, 2.75) is 26.8 Å². The Bertz CT molecular complexity index is 910. The van der Waals surface area contributed by atoms with Crippen molar-refractivity contribution in [3.63, 3.8) is 0 Å². The first-order chi connectivity index (χ1) is 10.9. The number of nitrogens with zero attached hydrogens (tertiary/aromatic N) is 2. The van der Waals surface area contributed by atoms with Crippen molar-refractivity contribution in [3.8, 4) is 16.9 Å². The van der Waals surface area contributed by atoms with Gasteiger partial charge in [0.1, 0.15) is 5.75 Å². The van der Waals surface area contributed by atoms with Crippen LogP contribution in [0.4, 0.5) is 0 Å². The van der Waals surface area contributed by atoms with Crippen molar-refractivity contribution >= 4 is 16.9 Å². The Morgan fingerprint density at radius 1 is 1.17 bits per heavy atom. The van der Waals surface area contributed by atoms with E-state index < -0.39 is 5.97 Å². The average molecular weight is 310 g/mol. The van der Waals surface area contributed by atoms with Crippen LogP contribution in [-0.4, -0.2) is 26.0 Å². The number of phenols is 1. The van der Waals surface area contributed by atoms with Gasteiger partial charge in [0.15, 0.2) is 5.69 Å². The van der Waals surface area contributed by atoms with Crippen LogP contribution in [0.5, 0.6) is 5.75 Å². The van der Waals surface area contributed by atoms with Gasteiger partial charge < -0.3 is 10.2 Å². The van der Waals surface area contributed by atoms with Gasteiger partial charge in [0.25, 0.3) is 0 Å². The molecule has 0 fully saturated rings. The maximum atomic E-state index is 11.4. The van der Waals surface area contributed by atoms with E-state index in [2.05, 4.69) is 5.10 Å². The summed E-state index contributed by atoms with van der Waals surface area (Å²) >= 11 is 0. The SMILES string of the molecule is Cc1cc(O)ccc1-c1ccc2c(C(=O)O)nn(C(C)C)c2c1. The van der Waals surface area contributed by atoms with Crippen LogP contribution in [-0.2, 0) is 0 Å². The van der Waals surface area contributed by atoms with Gasteiger partial charge in [-0.3, -0.25) is 4.68 Å². The van der Waals surface area contributed by atoms with E-state index in [0.717, 1.165) is 22.2 Å². The fourth-order valence-corrected chi connectivity index (χ4v) is 2.83.